The number of non-ortho nitro benzene ring substituents is 1. The first kappa shape index (κ1) is 23.8. The van der Waals surface area contributed by atoms with E-state index in [1.54, 1.807) is 12.1 Å². The zero-order chi connectivity index (χ0) is 24.9. The van der Waals surface area contributed by atoms with Gasteiger partial charge in [-0.25, -0.2) is 5.43 Å². The molecule has 0 aliphatic rings. The number of methoxy groups -OCH3 is 1. The van der Waals surface area contributed by atoms with E-state index >= 15 is 0 Å². The van der Waals surface area contributed by atoms with E-state index in [1.807, 2.05) is 31.2 Å². The summed E-state index contributed by atoms with van der Waals surface area (Å²) in [7, 11) is 1.50. The Morgan fingerprint density at radius 2 is 1.94 bits per heavy atom. The number of nitro benzene ring substituents is 1. The molecule has 1 N–H and O–H groups in total. The van der Waals surface area contributed by atoms with Crippen molar-refractivity contribution >= 4 is 40.4 Å². The molecule has 0 fully saturated rings. The van der Waals surface area contributed by atoms with E-state index in [0.717, 1.165) is 11.1 Å². The van der Waals surface area contributed by atoms with Crippen molar-refractivity contribution in [1.82, 2.24) is 5.43 Å². The van der Waals surface area contributed by atoms with Crippen LogP contribution in [-0.2, 0) is 6.61 Å². The Morgan fingerprint density at radius 3 is 2.66 bits per heavy atom. The Bertz CT molecular complexity index is 1430. The lowest BCUT2D eigenvalue weighted by atomic mass is 10.1. The molecule has 0 aliphatic heterocycles. The summed E-state index contributed by atoms with van der Waals surface area (Å²) >= 11 is 6.41. The van der Waals surface area contributed by atoms with Gasteiger partial charge in [0.05, 0.1) is 23.3 Å². The van der Waals surface area contributed by atoms with Crippen molar-refractivity contribution in [3.8, 4) is 11.5 Å². The van der Waals surface area contributed by atoms with Gasteiger partial charge in [0, 0.05) is 17.5 Å². The Labute approximate surface area is 205 Å². The highest BCUT2D eigenvalue weighted by atomic mass is 35.5. The number of amides is 1. The minimum atomic E-state index is -0.615. The number of nitro groups is 1. The van der Waals surface area contributed by atoms with Crippen molar-refractivity contribution in [1.29, 1.82) is 0 Å². The standard InChI is InChI=1S/C25H20ClN3O6/c1-15-3-5-16(6-4-15)14-34-24-20(26)9-17(10-22(24)33-2)13-27-28-25(30)23-12-18-11-19(29(31)32)7-8-21(18)35-23/h3-13H,14H2,1-2H3,(H,28,30)/b27-13-. The molecule has 0 saturated carbocycles. The highest BCUT2D eigenvalue weighted by Crippen LogP contribution is 2.36. The Kier molecular flexibility index (Phi) is 6.98. The van der Waals surface area contributed by atoms with Gasteiger partial charge in [0.15, 0.2) is 17.3 Å². The van der Waals surface area contributed by atoms with Crippen molar-refractivity contribution in [2.45, 2.75) is 13.5 Å². The predicted octanol–water partition coefficient (Wildman–Crippen LogP) is 5.65. The smallest absolute Gasteiger partial charge is 0.307 e. The maximum Gasteiger partial charge on any atom is 0.307 e. The first-order valence-corrected chi connectivity index (χ1v) is 10.8. The first-order chi connectivity index (χ1) is 16.8. The van der Waals surface area contributed by atoms with Gasteiger partial charge in [0.2, 0.25) is 0 Å². The summed E-state index contributed by atoms with van der Waals surface area (Å²) in [6, 6.07) is 16.7. The predicted molar refractivity (Wildman–Crippen MR) is 131 cm³/mol. The minimum absolute atomic E-state index is 0.0342. The first-order valence-electron chi connectivity index (χ1n) is 10.4. The molecule has 35 heavy (non-hydrogen) atoms. The lowest BCUT2D eigenvalue weighted by molar-refractivity contribution is -0.384. The molecule has 3 aromatic carbocycles. The van der Waals surface area contributed by atoms with Crippen LogP contribution in [0.2, 0.25) is 5.02 Å². The number of hydrogen-bond acceptors (Lipinski definition) is 7. The molecule has 0 spiro atoms. The molecule has 0 aliphatic carbocycles. The quantitative estimate of drug-likeness (QED) is 0.192. The van der Waals surface area contributed by atoms with Gasteiger partial charge in [-0.1, -0.05) is 41.4 Å². The topological polar surface area (TPSA) is 116 Å². The number of ether oxygens (including phenoxy) is 2. The van der Waals surface area contributed by atoms with Crippen molar-refractivity contribution < 1.29 is 23.6 Å². The Balaban J connectivity index is 1.44. The number of carbonyl (C=O) groups excluding carboxylic acids is 1. The molecule has 0 saturated heterocycles. The minimum Gasteiger partial charge on any atom is -0.493 e. The van der Waals surface area contributed by atoms with Gasteiger partial charge in [-0.3, -0.25) is 14.9 Å². The van der Waals surface area contributed by atoms with Crippen LogP contribution >= 0.6 is 11.6 Å². The van der Waals surface area contributed by atoms with Crippen molar-refractivity contribution in [2.24, 2.45) is 5.10 Å². The average molecular weight is 494 g/mol. The number of carbonyl (C=O) groups is 1. The normalized spacial score (nSPS) is 11.1. The van der Waals surface area contributed by atoms with Gasteiger partial charge in [0.1, 0.15) is 12.2 Å². The number of benzene rings is 3. The molecule has 10 heteroatoms. The van der Waals surface area contributed by atoms with E-state index in [4.69, 9.17) is 25.5 Å². The fraction of sp³-hybridized carbons (Fsp3) is 0.120. The van der Waals surface area contributed by atoms with Crippen LogP contribution in [0.1, 0.15) is 27.2 Å². The lowest BCUT2D eigenvalue weighted by Gasteiger charge is -2.13. The zero-order valence-corrected chi connectivity index (χ0v) is 19.5. The number of hydrogen-bond donors (Lipinski definition) is 1. The van der Waals surface area contributed by atoms with E-state index < -0.39 is 10.8 Å². The van der Waals surface area contributed by atoms with Crippen LogP contribution in [-0.4, -0.2) is 24.2 Å². The summed E-state index contributed by atoms with van der Waals surface area (Å²) in [5.41, 5.74) is 5.32. The van der Waals surface area contributed by atoms with Crippen molar-refractivity contribution in [2.75, 3.05) is 7.11 Å². The van der Waals surface area contributed by atoms with Crippen LogP contribution < -0.4 is 14.9 Å². The SMILES string of the molecule is COc1cc(/C=N\NC(=O)c2cc3cc([N+](=O)[O-])ccc3o2)cc(Cl)c1OCc1ccc(C)cc1. The van der Waals surface area contributed by atoms with Gasteiger partial charge in [-0.05, 0) is 42.3 Å². The average Bonchev–Trinajstić information content (AvgIpc) is 3.27. The van der Waals surface area contributed by atoms with Gasteiger partial charge < -0.3 is 13.9 Å². The molecule has 0 unspecified atom stereocenters. The van der Waals surface area contributed by atoms with Crippen LogP contribution in [0.25, 0.3) is 11.0 Å². The van der Waals surface area contributed by atoms with Crippen LogP contribution in [0.5, 0.6) is 11.5 Å². The molecule has 1 heterocycles. The molecular weight excluding hydrogens is 474 g/mol. The third kappa shape index (κ3) is 5.59. The van der Waals surface area contributed by atoms with Gasteiger partial charge in [0.25, 0.3) is 5.69 Å². The van der Waals surface area contributed by atoms with Crippen LogP contribution in [0, 0.1) is 17.0 Å². The number of hydrazone groups is 1. The van der Waals surface area contributed by atoms with Gasteiger partial charge >= 0.3 is 5.91 Å². The summed E-state index contributed by atoms with van der Waals surface area (Å²) in [6.07, 6.45) is 1.39. The molecule has 178 valence electrons. The highest BCUT2D eigenvalue weighted by Gasteiger charge is 2.15. The monoisotopic (exact) mass is 493 g/mol. The molecule has 0 atom stereocenters. The summed E-state index contributed by atoms with van der Waals surface area (Å²) < 4.78 is 16.7. The fourth-order valence-electron chi connectivity index (χ4n) is 3.27. The third-order valence-electron chi connectivity index (χ3n) is 5.07. The number of aryl methyl sites for hydroxylation is 1. The third-order valence-corrected chi connectivity index (χ3v) is 5.35. The van der Waals surface area contributed by atoms with Crippen molar-refractivity contribution in [3.05, 3.63) is 98.3 Å². The van der Waals surface area contributed by atoms with Gasteiger partial charge in [-0.2, -0.15) is 5.10 Å². The summed E-state index contributed by atoms with van der Waals surface area (Å²) in [5.74, 6) is 0.160. The molecule has 9 nitrogen and oxygen atoms in total. The molecular formula is C25H20ClN3O6. The van der Waals surface area contributed by atoms with Crippen LogP contribution in [0.4, 0.5) is 5.69 Å². The number of halogens is 1. The largest absolute Gasteiger partial charge is 0.493 e. The summed E-state index contributed by atoms with van der Waals surface area (Å²) in [6.45, 7) is 2.33. The summed E-state index contributed by atoms with van der Waals surface area (Å²) in [4.78, 5) is 22.8. The van der Waals surface area contributed by atoms with E-state index in [-0.39, 0.29) is 11.4 Å². The van der Waals surface area contributed by atoms with E-state index in [0.29, 0.717) is 39.7 Å². The van der Waals surface area contributed by atoms with Crippen LogP contribution in [0.15, 0.2) is 70.2 Å². The Hall–Kier alpha value is -4.37. The molecule has 1 amide bonds. The van der Waals surface area contributed by atoms with Crippen molar-refractivity contribution in [3.63, 3.8) is 0 Å². The molecule has 1 aromatic heterocycles. The number of fused-ring (bicyclic) bond motifs is 1. The lowest BCUT2D eigenvalue weighted by Crippen LogP contribution is -2.16. The molecule has 4 rings (SSSR count). The zero-order valence-electron chi connectivity index (χ0n) is 18.8. The second-order valence-corrected chi connectivity index (χ2v) is 8.00. The van der Waals surface area contributed by atoms with E-state index in [9.17, 15) is 14.9 Å². The molecule has 0 bridgehead atoms. The Morgan fingerprint density at radius 1 is 1.17 bits per heavy atom. The number of rotatable bonds is 8. The second-order valence-electron chi connectivity index (χ2n) is 7.60. The highest BCUT2D eigenvalue weighted by molar-refractivity contribution is 6.32. The van der Waals surface area contributed by atoms with Crippen LogP contribution in [0.3, 0.4) is 0 Å². The number of furan rings is 1. The molecule has 0 radical (unpaired) electrons. The number of nitrogens with one attached hydrogen (secondary N) is 1. The van der Waals surface area contributed by atoms with Gasteiger partial charge in [-0.15, -0.1) is 0 Å². The maximum absolute atomic E-state index is 12.4. The maximum atomic E-state index is 12.4. The van der Waals surface area contributed by atoms with E-state index in [1.165, 1.54) is 37.6 Å². The number of nitrogens with zero attached hydrogens (tertiary/aromatic N) is 2. The summed E-state index contributed by atoms with van der Waals surface area (Å²) in [5, 5.41) is 15.6. The second kappa shape index (κ2) is 10.3. The fourth-order valence-corrected chi connectivity index (χ4v) is 3.54. The van der Waals surface area contributed by atoms with E-state index in [2.05, 4.69) is 10.5 Å². The molecule has 4 aromatic rings.